The first-order valence-electron chi connectivity index (χ1n) is 22.2. The zero-order valence-corrected chi connectivity index (χ0v) is 36.9. The second-order valence-electron chi connectivity index (χ2n) is 18.0. The molecule has 3 aliphatic heterocycles. The van der Waals surface area contributed by atoms with Gasteiger partial charge in [-0.25, -0.2) is 19.6 Å². The predicted octanol–water partition coefficient (Wildman–Crippen LogP) is 7.34. The van der Waals surface area contributed by atoms with Crippen LogP contribution >= 0.6 is 0 Å². The minimum atomic E-state index is -0.897. The summed E-state index contributed by atoms with van der Waals surface area (Å²) in [6.07, 6.45) is 2.86. The van der Waals surface area contributed by atoms with Crippen LogP contribution in [0.4, 0.5) is 9.59 Å². The van der Waals surface area contributed by atoms with Crippen molar-refractivity contribution >= 4 is 45.8 Å². The topological polar surface area (TPSA) is 193 Å². The molecule has 0 spiro atoms. The van der Waals surface area contributed by atoms with Crippen molar-refractivity contribution < 1.29 is 38.1 Å². The van der Waals surface area contributed by atoms with Crippen molar-refractivity contribution in [2.24, 2.45) is 17.8 Å². The van der Waals surface area contributed by atoms with E-state index in [0.29, 0.717) is 49.3 Å². The average molecular weight is 881 g/mol. The zero-order chi connectivity index (χ0) is 45.1. The maximum absolute atomic E-state index is 14.4. The van der Waals surface area contributed by atoms with Crippen LogP contribution in [0.1, 0.15) is 74.0 Å². The molecule has 4 N–H and O–H groups in total. The minimum absolute atomic E-state index is 0.0856. The first kappa shape index (κ1) is 42.0. The maximum Gasteiger partial charge on any atom is 0.407 e. The fourth-order valence-corrected chi connectivity index (χ4v) is 10.2. The van der Waals surface area contributed by atoms with Crippen molar-refractivity contribution in [2.75, 3.05) is 34.5 Å². The molecular weight excluding hydrogens is 829 g/mol. The molecule has 0 bridgehead atoms. The van der Waals surface area contributed by atoms with E-state index >= 15 is 0 Å². The van der Waals surface area contributed by atoms with Crippen LogP contribution in [-0.2, 0) is 30.4 Å². The van der Waals surface area contributed by atoms with E-state index < -0.39 is 24.3 Å². The monoisotopic (exact) mass is 880 g/mol. The molecule has 4 aromatic carbocycles. The van der Waals surface area contributed by atoms with Gasteiger partial charge >= 0.3 is 12.2 Å². The number of fused-ring (bicyclic) bond motifs is 7. The molecule has 336 valence electrons. The molecule has 5 heterocycles. The predicted molar refractivity (Wildman–Crippen MR) is 240 cm³/mol. The number of rotatable bonds is 11. The molecule has 7 atom stereocenters. The number of nitrogens with zero attached hydrogens (tertiary/aromatic N) is 4. The Kier molecular flexibility index (Phi) is 10.9. The van der Waals surface area contributed by atoms with Gasteiger partial charge in [-0.05, 0) is 83.0 Å². The van der Waals surface area contributed by atoms with Gasteiger partial charge in [0.25, 0.3) is 5.91 Å². The number of hydrogen-bond acceptors (Lipinski definition) is 10. The number of likely N-dealkylation sites (tertiary alicyclic amines) is 2. The molecule has 4 aliphatic rings. The van der Waals surface area contributed by atoms with Crippen LogP contribution in [0.15, 0.2) is 79.0 Å². The Labute approximate surface area is 375 Å². The number of aromatic nitrogens is 4. The number of nitrogens with one attached hydrogen (secondary N) is 4. The highest BCUT2D eigenvalue weighted by atomic mass is 16.5. The van der Waals surface area contributed by atoms with Crippen LogP contribution in [0.25, 0.3) is 44.2 Å². The van der Waals surface area contributed by atoms with E-state index in [1.54, 1.807) is 18.2 Å². The molecule has 65 heavy (non-hydrogen) atoms. The summed E-state index contributed by atoms with van der Waals surface area (Å²) in [6, 6.07) is 21.7. The Morgan fingerprint density at radius 1 is 0.846 bits per heavy atom. The van der Waals surface area contributed by atoms with Gasteiger partial charge in [-0.2, -0.15) is 0 Å². The molecule has 6 aromatic rings. The SMILES string of the molecule is COC[C@H]1C[C@@H](c2ncc(-c3ccc4c(c3)COc3cc5c(ccc6nc([C@@H]7C[C@H]8C[C@H]8N7C(=O)[C@H](NC(=O)OC)c7ccccc7)[nH]c65)cc3-4)[nH]2)N(C(=O)C(NC(=O)OC)C(C)C)C1. The molecule has 2 aromatic heterocycles. The lowest BCUT2D eigenvalue weighted by molar-refractivity contribution is -0.136. The molecule has 3 fully saturated rings. The molecular formula is C49H52N8O8. The summed E-state index contributed by atoms with van der Waals surface area (Å²) in [5, 5.41) is 7.48. The lowest BCUT2D eigenvalue weighted by Gasteiger charge is -2.30. The quantitative estimate of drug-likeness (QED) is 0.102. The fourth-order valence-electron chi connectivity index (χ4n) is 10.2. The second-order valence-corrected chi connectivity index (χ2v) is 18.0. The first-order valence-corrected chi connectivity index (χ1v) is 22.2. The van der Waals surface area contributed by atoms with Gasteiger partial charge in [0, 0.05) is 36.6 Å². The summed E-state index contributed by atoms with van der Waals surface area (Å²) in [4.78, 5) is 73.6. The van der Waals surface area contributed by atoms with Crippen LogP contribution in [0.3, 0.4) is 0 Å². The van der Waals surface area contributed by atoms with Gasteiger partial charge < -0.3 is 49.3 Å². The Morgan fingerprint density at radius 2 is 1.65 bits per heavy atom. The third kappa shape index (κ3) is 7.68. The van der Waals surface area contributed by atoms with Crippen LogP contribution < -0.4 is 15.4 Å². The van der Waals surface area contributed by atoms with E-state index in [4.69, 9.17) is 28.9 Å². The lowest BCUT2D eigenvalue weighted by Crippen LogP contribution is -2.51. The standard InChI is InChI=1S/C49H52N8O8/c1-25(2)41(54-48(60)63-4)46(58)56-22-26(23-62-3)15-38(56)44-50-21-36(52-44)29-11-13-32-31(16-29)24-65-40-20-33-28(17-34(32)40)12-14-35-43(33)53-45(51-35)39-19-30-18-37(30)57(39)47(59)42(55-49(61)64-5)27-9-7-6-8-10-27/h6-14,16-17,20-21,25-26,30,37-39,41-42H,15,18-19,22-24H2,1-5H3,(H,50,52)(H,51,53)(H,54,60)(H,55,61)/t26-,30+,37+,38-,39-,41?,42+/m0/s1. The summed E-state index contributed by atoms with van der Waals surface area (Å²) in [5.41, 5.74) is 7.19. The molecule has 0 radical (unpaired) electrons. The smallest absolute Gasteiger partial charge is 0.407 e. The first-order chi connectivity index (χ1) is 31.5. The van der Waals surface area contributed by atoms with Gasteiger partial charge in [-0.15, -0.1) is 0 Å². The fraction of sp³-hybridized carbons (Fsp3) is 0.388. The molecule has 1 unspecified atom stereocenters. The van der Waals surface area contributed by atoms with Crippen molar-refractivity contribution in [3.05, 3.63) is 102 Å². The number of alkyl carbamates (subject to hydrolysis) is 2. The van der Waals surface area contributed by atoms with E-state index in [-0.39, 0.29) is 41.8 Å². The molecule has 4 amide bonds. The van der Waals surface area contributed by atoms with E-state index in [0.717, 1.165) is 68.3 Å². The van der Waals surface area contributed by atoms with Gasteiger partial charge in [0.1, 0.15) is 36.1 Å². The number of carbonyl (C=O) groups is 4. The average Bonchev–Trinajstić information content (AvgIpc) is 3.79. The normalized spacial score (nSPS) is 21.6. The van der Waals surface area contributed by atoms with Crippen LogP contribution in [0.2, 0.25) is 0 Å². The minimum Gasteiger partial charge on any atom is -0.488 e. The van der Waals surface area contributed by atoms with Crippen LogP contribution in [0, 0.1) is 17.8 Å². The number of H-pyrrole nitrogens is 2. The van der Waals surface area contributed by atoms with E-state index in [1.165, 1.54) is 14.2 Å². The van der Waals surface area contributed by atoms with Crippen molar-refractivity contribution in [3.63, 3.8) is 0 Å². The summed E-state index contributed by atoms with van der Waals surface area (Å²) in [6.45, 7) is 5.13. The number of benzene rings is 4. The molecule has 1 aliphatic carbocycles. The third-order valence-electron chi connectivity index (χ3n) is 13.6. The highest BCUT2D eigenvalue weighted by Crippen LogP contribution is 2.54. The number of aromatic amines is 2. The Morgan fingerprint density at radius 3 is 2.42 bits per heavy atom. The van der Waals surface area contributed by atoms with Crippen molar-refractivity contribution in [1.82, 2.24) is 40.4 Å². The van der Waals surface area contributed by atoms with E-state index in [9.17, 15) is 19.2 Å². The number of hydrogen-bond donors (Lipinski definition) is 4. The Balaban J connectivity index is 0.909. The number of piperidine rings is 1. The third-order valence-corrected chi connectivity index (χ3v) is 13.6. The van der Waals surface area contributed by atoms with Gasteiger partial charge in [0.05, 0.1) is 55.8 Å². The molecule has 1 saturated carbocycles. The van der Waals surface area contributed by atoms with E-state index in [2.05, 4.69) is 57.0 Å². The van der Waals surface area contributed by atoms with Crippen LogP contribution in [0.5, 0.6) is 5.75 Å². The van der Waals surface area contributed by atoms with Crippen LogP contribution in [-0.4, -0.2) is 100 Å². The summed E-state index contributed by atoms with van der Waals surface area (Å²) >= 11 is 0. The summed E-state index contributed by atoms with van der Waals surface area (Å²) in [7, 11) is 4.23. The molecule has 2 saturated heterocycles. The molecule has 10 rings (SSSR count). The van der Waals surface area contributed by atoms with Crippen molar-refractivity contribution in [1.29, 1.82) is 0 Å². The Bertz CT molecular complexity index is 2820. The highest BCUT2D eigenvalue weighted by molar-refractivity contribution is 6.07. The number of ether oxygens (including phenoxy) is 4. The molecule has 16 heteroatoms. The van der Waals surface area contributed by atoms with Gasteiger partial charge in [0.15, 0.2) is 0 Å². The Hall–Kier alpha value is -6.94. The number of imidazole rings is 2. The van der Waals surface area contributed by atoms with Gasteiger partial charge in [0.2, 0.25) is 5.91 Å². The largest absolute Gasteiger partial charge is 0.488 e. The zero-order valence-electron chi connectivity index (χ0n) is 36.9. The van der Waals surface area contributed by atoms with Gasteiger partial charge in [-0.1, -0.05) is 62.4 Å². The maximum atomic E-state index is 14.4. The van der Waals surface area contributed by atoms with Gasteiger partial charge in [-0.3, -0.25) is 9.59 Å². The molecule has 16 nitrogen and oxygen atoms in total. The number of amides is 4. The van der Waals surface area contributed by atoms with Crippen molar-refractivity contribution in [3.8, 4) is 28.1 Å². The number of carbonyl (C=O) groups excluding carboxylic acids is 4. The van der Waals surface area contributed by atoms with E-state index in [1.807, 2.05) is 55.1 Å². The lowest BCUT2D eigenvalue weighted by atomic mass is 9.92. The number of methoxy groups -OCH3 is 3. The summed E-state index contributed by atoms with van der Waals surface area (Å²) < 4.78 is 21.7. The summed E-state index contributed by atoms with van der Waals surface area (Å²) in [5.74, 6) is 2.10. The van der Waals surface area contributed by atoms with Crippen molar-refractivity contribution in [2.45, 2.75) is 69.9 Å². The second kappa shape index (κ2) is 16.9. The highest BCUT2D eigenvalue weighted by Gasteiger charge is 2.56.